The molecule has 0 aliphatic carbocycles. The third-order valence-electron chi connectivity index (χ3n) is 2.60. The molecule has 0 atom stereocenters. The van der Waals surface area contributed by atoms with Crippen molar-refractivity contribution in [2.24, 2.45) is 0 Å². The standard InChI is InChI=1S/C14H21NO/c1-10(2)15-8-7-14(16)13-9-11(3)5-6-12(13)4/h5-6,9-10,15H,7-8H2,1-4H3. The molecule has 1 rings (SSSR count). The molecule has 0 radical (unpaired) electrons. The van der Waals surface area contributed by atoms with Crippen molar-refractivity contribution in [3.63, 3.8) is 0 Å². The van der Waals surface area contributed by atoms with Crippen LogP contribution in [-0.4, -0.2) is 18.4 Å². The van der Waals surface area contributed by atoms with Crippen LogP contribution in [0.5, 0.6) is 0 Å². The summed E-state index contributed by atoms with van der Waals surface area (Å²) in [6.07, 6.45) is 0.572. The summed E-state index contributed by atoms with van der Waals surface area (Å²) < 4.78 is 0. The van der Waals surface area contributed by atoms with Gasteiger partial charge in [-0.3, -0.25) is 4.79 Å². The summed E-state index contributed by atoms with van der Waals surface area (Å²) in [5.74, 6) is 0.231. The number of hydrogen-bond donors (Lipinski definition) is 1. The predicted molar refractivity (Wildman–Crippen MR) is 68.0 cm³/mol. The topological polar surface area (TPSA) is 29.1 Å². The monoisotopic (exact) mass is 219 g/mol. The van der Waals surface area contributed by atoms with E-state index < -0.39 is 0 Å². The molecule has 0 fully saturated rings. The lowest BCUT2D eigenvalue weighted by Gasteiger charge is -2.09. The molecule has 0 amide bonds. The fourth-order valence-corrected chi connectivity index (χ4v) is 1.65. The van der Waals surface area contributed by atoms with Gasteiger partial charge in [0.25, 0.3) is 0 Å². The second-order valence-electron chi connectivity index (χ2n) is 4.60. The van der Waals surface area contributed by atoms with E-state index in [9.17, 15) is 4.79 Å². The van der Waals surface area contributed by atoms with Crippen LogP contribution >= 0.6 is 0 Å². The lowest BCUT2D eigenvalue weighted by molar-refractivity contribution is 0.0981. The number of aryl methyl sites for hydroxylation is 2. The summed E-state index contributed by atoms with van der Waals surface area (Å²) in [4.78, 5) is 12.0. The van der Waals surface area contributed by atoms with E-state index in [1.54, 1.807) is 0 Å². The van der Waals surface area contributed by atoms with Gasteiger partial charge >= 0.3 is 0 Å². The van der Waals surface area contributed by atoms with Crippen LogP contribution in [0.1, 0.15) is 41.8 Å². The second-order valence-corrected chi connectivity index (χ2v) is 4.60. The number of nitrogens with one attached hydrogen (secondary N) is 1. The van der Waals surface area contributed by atoms with E-state index in [-0.39, 0.29) is 5.78 Å². The van der Waals surface area contributed by atoms with Crippen molar-refractivity contribution in [2.75, 3.05) is 6.54 Å². The molecular formula is C14H21NO. The minimum Gasteiger partial charge on any atom is -0.314 e. The number of Topliss-reactive ketones (excluding diaryl/α,β-unsaturated/α-hetero) is 1. The molecule has 0 spiro atoms. The van der Waals surface area contributed by atoms with E-state index in [2.05, 4.69) is 19.2 Å². The van der Waals surface area contributed by atoms with Crippen molar-refractivity contribution >= 4 is 5.78 Å². The highest BCUT2D eigenvalue weighted by molar-refractivity contribution is 5.97. The maximum Gasteiger partial charge on any atom is 0.164 e. The zero-order chi connectivity index (χ0) is 12.1. The van der Waals surface area contributed by atoms with Crippen molar-refractivity contribution < 1.29 is 4.79 Å². The van der Waals surface area contributed by atoms with Crippen LogP contribution in [0.15, 0.2) is 18.2 Å². The summed E-state index contributed by atoms with van der Waals surface area (Å²) >= 11 is 0. The SMILES string of the molecule is Cc1ccc(C)c(C(=O)CCNC(C)C)c1. The van der Waals surface area contributed by atoms with Crippen molar-refractivity contribution in [3.05, 3.63) is 34.9 Å². The molecule has 0 bridgehead atoms. The summed E-state index contributed by atoms with van der Waals surface area (Å²) in [6, 6.07) is 6.47. The number of ketones is 1. The van der Waals surface area contributed by atoms with Crippen molar-refractivity contribution in [1.29, 1.82) is 0 Å². The summed E-state index contributed by atoms with van der Waals surface area (Å²) in [5.41, 5.74) is 3.08. The summed E-state index contributed by atoms with van der Waals surface area (Å²) in [6.45, 7) is 8.93. The van der Waals surface area contributed by atoms with Gasteiger partial charge < -0.3 is 5.32 Å². The predicted octanol–water partition coefficient (Wildman–Crippen LogP) is 2.87. The Hall–Kier alpha value is -1.15. The molecule has 0 heterocycles. The Bertz CT molecular complexity index is 369. The van der Waals surface area contributed by atoms with E-state index >= 15 is 0 Å². The molecule has 0 unspecified atom stereocenters. The van der Waals surface area contributed by atoms with Crippen molar-refractivity contribution in [2.45, 2.75) is 40.2 Å². The van der Waals surface area contributed by atoms with Gasteiger partial charge in [-0.15, -0.1) is 0 Å². The van der Waals surface area contributed by atoms with Gasteiger partial charge in [0, 0.05) is 24.6 Å². The molecule has 2 heteroatoms. The first-order valence-corrected chi connectivity index (χ1v) is 5.84. The third kappa shape index (κ3) is 3.78. The average molecular weight is 219 g/mol. The molecule has 88 valence electrons. The first-order valence-electron chi connectivity index (χ1n) is 5.84. The maximum atomic E-state index is 12.0. The smallest absolute Gasteiger partial charge is 0.164 e. The second kappa shape index (κ2) is 5.80. The number of carbonyl (C=O) groups is 1. The molecule has 2 nitrogen and oxygen atoms in total. The van der Waals surface area contributed by atoms with E-state index in [1.807, 2.05) is 32.0 Å². The molecular weight excluding hydrogens is 198 g/mol. The Kier molecular flexibility index (Phi) is 4.69. The van der Waals surface area contributed by atoms with Crippen LogP contribution in [0.25, 0.3) is 0 Å². The normalized spacial score (nSPS) is 10.8. The van der Waals surface area contributed by atoms with Gasteiger partial charge in [-0.1, -0.05) is 31.5 Å². The molecule has 0 aliphatic rings. The van der Waals surface area contributed by atoms with Crippen LogP contribution in [0.4, 0.5) is 0 Å². The van der Waals surface area contributed by atoms with Crippen molar-refractivity contribution in [1.82, 2.24) is 5.32 Å². The molecule has 0 saturated carbocycles. The van der Waals surface area contributed by atoms with E-state index in [1.165, 1.54) is 0 Å². The van der Waals surface area contributed by atoms with Gasteiger partial charge in [0.05, 0.1) is 0 Å². The molecule has 1 aromatic carbocycles. The molecule has 0 aliphatic heterocycles. The van der Waals surface area contributed by atoms with Crippen LogP contribution in [0, 0.1) is 13.8 Å². The zero-order valence-corrected chi connectivity index (χ0v) is 10.6. The quantitative estimate of drug-likeness (QED) is 0.771. The van der Waals surface area contributed by atoms with Gasteiger partial charge in [-0.25, -0.2) is 0 Å². The lowest BCUT2D eigenvalue weighted by atomic mass is 10.0. The Morgan fingerprint density at radius 3 is 2.62 bits per heavy atom. The van der Waals surface area contributed by atoms with E-state index in [0.717, 1.165) is 23.2 Å². The Labute approximate surface area is 98.1 Å². The number of hydrogen-bond acceptors (Lipinski definition) is 2. The van der Waals surface area contributed by atoms with Gasteiger partial charge in [0.15, 0.2) is 5.78 Å². The number of benzene rings is 1. The molecule has 16 heavy (non-hydrogen) atoms. The first kappa shape index (κ1) is 12.9. The first-order chi connectivity index (χ1) is 7.50. The Balaban J connectivity index is 2.62. The molecule has 0 aromatic heterocycles. The highest BCUT2D eigenvalue weighted by atomic mass is 16.1. The van der Waals surface area contributed by atoms with Crippen molar-refractivity contribution in [3.8, 4) is 0 Å². The minimum absolute atomic E-state index is 0.231. The van der Waals surface area contributed by atoms with Crippen LogP contribution in [0.2, 0.25) is 0 Å². The lowest BCUT2D eigenvalue weighted by Crippen LogP contribution is -2.25. The largest absolute Gasteiger partial charge is 0.314 e. The highest BCUT2D eigenvalue weighted by Gasteiger charge is 2.08. The molecule has 1 N–H and O–H groups in total. The summed E-state index contributed by atoms with van der Waals surface area (Å²) in [5, 5.41) is 3.26. The Morgan fingerprint density at radius 1 is 1.31 bits per heavy atom. The molecule has 0 saturated heterocycles. The van der Waals surface area contributed by atoms with Crippen LogP contribution < -0.4 is 5.32 Å². The van der Waals surface area contributed by atoms with E-state index in [0.29, 0.717) is 12.5 Å². The Morgan fingerprint density at radius 2 is 2.00 bits per heavy atom. The fourth-order valence-electron chi connectivity index (χ4n) is 1.65. The summed E-state index contributed by atoms with van der Waals surface area (Å²) in [7, 11) is 0. The third-order valence-corrected chi connectivity index (χ3v) is 2.60. The van der Waals surface area contributed by atoms with Crippen LogP contribution in [0.3, 0.4) is 0 Å². The number of rotatable bonds is 5. The molecule has 1 aromatic rings. The van der Waals surface area contributed by atoms with Gasteiger partial charge in [-0.2, -0.15) is 0 Å². The van der Waals surface area contributed by atoms with Gasteiger partial charge in [-0.05, 0) is 25.5 Å². The van der Waals surface area contributed by atoms with Gasteiger partial charge in [0.2, 0.25) is 0 Å². The average Bonchev–Trinajstić information content (AvgIpc) is 2.21. The fraction of sp³-hybridized carbons (Fsp3) is 0.500. The maximum absolute atomic E-state index is 12.0. The van der Waals surface area contributed by atoms with Crippen LogP contribution in [-0.2, 0) is 0 Å². The van der Waals surface area contributed by atoms with Gasteiger partial charge in [0.1, 0.15) is 0 Å². The number of carbonyl (C=O) groups excluding carboxylic acids is 1. The highest BCUT2D eigenvalue weighted by Crippen LogP contribution is 2.12. The minimum atomic E-state index is 0.231. The zero-order valence-electron chi connectivity index (χ0n) is 10.6. The van der Waals surface area contributed by atoms with E-state index in [4.69, 9.17) is 0 Å².